The lowest BCUT2D eigenvalue weighted by Crippen LogP contribution is -2.30. The number of benzene rings is 1. The molecule has 3 N–H and O–H groups in total. The fourth-order valence-corrected chi connectivity index (χ4v) is 1.61. The number of hydrogen-bond acceptors (Lipinski definition) is 3. The Bertz CT molecular complexity index is 284. The van der Waals surface area contributed by atoms with Crippen molar-refractivity contribution in [3.05, 3.63) is 28.2 Å². The Morgan fingerprint density at radius 2 is 1.86 bits per heavy atom. The van der Waals surface area contributed by atoms with E-state index in [2.05, 4.69) is 5.43 Å². The Hall–Kier alpha value is -0.480. The molecular weight excluding hydrogens is 221 g/mol. The van der Waals surface area contributed by atoms with E-state index in [0.717, 1.165) is 12.2 Å². The van der Waals surface area contributed by atoms with Crippen LogP contribution in [0.4, 0.5) is 5.69 Å². The molecule has 0 saturated heterocycles. The van der Waals surface area contributed by atoms with Gasteiger partial charge in [-0.05, 0) is 18.2 Å². The molecule has 1 rings (SSSR count). The molecule has 14 heavy (non-hydrogen) atoms. The number of hydrogen-bond donors (Lipinski definition) is 2. The number of likely N-dealkylation sites (N-methyl/N-ethyl adjacent to an activating group) is 1. The highest BCUT2D eigenvalue weighted by molar-refractivity contribution is 6.35. The third kappa shape index (κ3) is 3.72. The van der Waals surface area contributed by atoms with Crippen LogP contribution in [0.15, 0.2) is 18.2 Å². The van der Waals surface area contributed by atoms with Crippen LogP contribution in [-0.2, 0) is 0 Å². The second kappa shape index (κ2) is 5.41. The molecule has 1 aromatic rings. The van der Waals surface area contributed by atoms with Crippen molar-refractivity contribution in [2.75, 3.05) is 25.6 Å². The predicted molar refractivity (Wildman–Crippen MR) is 61.8 cm³/mol. The minimum Gasteiger partial charge on any atom is -0.329 e. The fourth-order valence-electron chi connectivity index (χ4n) is 1.09. The first-order valence-corrected chi connectivity index (χ1v) is 5.01. The molecule has 0 saturated carbocycles. The van der Waals surface area contributed by atoms with E-state index >= 15 is 0 Å². The smallest absolute Gasteiger partial charge is 0.0519 e. The van der Waals surface area contributed by atoms with Crippen molar-refractivity contribution in [1.82, 2.24) is 5.01 Å². The minimum atomic E-state index is 0.595. The molecule has 0 bridgehead atoms. The molecule has 0 atom stereocenters. The molecular formula is C9H13Cl2N3. The van der Waals surface area contributed by atoms with Crippen LogP contribution in [-0.4, -0.2) is 25.1 Å². The molecule has 0 radical (unpaired) electrons. The number of nitrogens with one attached hydrogen (secondary N) is 1. The largest absolute Gasteiger partial charge is 0.329 e. The van der Waals surface area contributed by atoms with Crippen LogP contribution < -0.4 is 11.2 Å². The lowest BCUT2D eigenvalue weighted by Gasteiger charge is -2.18. The maximum atomic E-state index is 5.84. The normalized spacial score (nSPS) is 10.6. The van der Waals surface area contributed by atoms with Crippen molar-refractivity contribution >= 4 is 28.9 Å². The van der Waals surface area contributed by atoms with E-state index in [1.165, 1.54) is 0 Å². The van der Waals surface area contributed by atoms with E-state index in [0.29, 0.717) is 16.6 Å². The highest BCUT2D eigenvalue weighted by Gasteiger charge is 2.00. The SMILES string of the molecule is CN(CCN)Nc1cc(Cl)cc(Cl)c1. The third-order valence-corrected chi connectivity index (χ3v) is 2.08. The van der Waals surface area contributed by atoms with Crippen molar-refractivity contribution in [2.24, 2.45) is 5.73 Å². The van der Waals surface area contributed by atoms with Crippen LogP contribution in [0.25, 0.3) is 0 Å². The third-order valence-electron chi connectivity index (χ3n) is 1.65. The molecule has 0 fully saturated rings. The summed E-state index contributed by atoms with van der Waals surface area (Å²) in [6.45, 7) is 1.35. The molecule has 5 heteroatoms. The maximum absolute atomic E-state index is 5.84. The summed E-state index contributed by atoms with van der Waals surface area (Å²) in [6.07, 6.45) is 0. The lowest BCUT2D eigenvalue weighted by atomic mass is 10.3. The summed E-state index contributed by atoms with van der Waals surface area (Å²) < 4.78 is 0. The summed E-state index contributed by atoms with van der Waals surface area (Å²) in [5, 5.41) is 3.10. The van der Waals surface area contributed by atoms with Gasteiger partial charge in [0.05, 0.1) is 5.69 Å². The zero-order valence-electron chi connectivity index (χ0n) is 7.93. The summed E-state index contributed by atoms with van der Waals surface area (Å²) in [4.78, 5) is 0. The van der Waals surface area contributed by atoms with Gasteiger partial charge in [-0.3, -0.25) is 0 Å². The van der Waals surface area contributed by atoms with Crippen LogP contribution >= 0.6 is 23.2 Å². The van der Waals surface area contributed by atoms with Gasteiger partial charge in [0.25, 0.3) is 0 Å². The number of nitrogens with zero attached hydrogens (tertiary/aromatic N) is 1. The summed E-state index contributed by atoms with van der Waals surface area (Å²) in [5.41, 5.74) is 9.38. The first kappa shape index (κ1) is 11.6. The van der Waals surface area contributed by atoms with Gasteiger partial charge in [0.15, 0.2) is 0 Å². The van der Waals surface area contributed by atoms with Gasteiger partial charge in [0, 0.05) is 30.2 Å². The van der Waals surface area contributed by atoms with Gasteiger partial charge >= 0.3 is 0 Å². The molecule has 0 aliphatic heterocycles. The van der Waals surface area contributed by atoms with E-state index < -0.39 is 0 Å². The Morgan fingerprint density at radius 1 is 1.29 bits per heavy atom. The van der Waals surface area contributed by atoms with E-state index in [9.17, 15) is 0 Å². The Labute approximate surface area is 93.8 Å². The van der Waals surface area contributed by atoms with Gasteiger partial charge in [0.1, 0.15) is 0 Å². The molecule has 0 amide bonds. The lowest BCUT2D eigenvalue weighted by molar-refractivity contribution is 0.413. The number of nitrogens with two attached hydrogens (primary N) is 1. The van der Waals surface area contributed by atoms with Gasteiger partial charge in [0.2, 0.25) is 0 Å². The van der Waals surface area contributed by atoms with Gasteiger partial charge in [-0.1, -0.05) is 23.2 Å². The van der Waals surface area contributed by atoms with Crippen molar-refractivity contribution in [1.29, 1.82) is 0 Å². The van der Waals surface area contributed by atoms with E-state index in [1.807, 2.05) is 12.1 Å². The van der Waals surface area contributed by atoms with Crippen molar-refractivity contribution in [2.45, 2.75) is 0 Å². The fraction of sp³-hybridized carbons (Fsp3) is 0.333. The summed E-state index contributed by atoms with van der Waals surface area (Å²) in [5.74, 6) is 0. The predicted octanol–water partition coefficient (Wildman–Crippen LogP) is 2.21. The number of anilines is 1. The first-order valence-electron chi connectivity index (χ1n) is 4.26. The summed E-state index contributed by atoms with van der Waals surface area (Å²) >= 11 is 11.7. The van der Waals surface area contributed by atoms with Crippen LogP contribution in [0.5, 0.6) is 0 Å². The van der Waals surface area contributed by atoms with Crippen LogP contribution in [0, 0.1) is 0 Å². The van der Waals surface area contributed by atoms with E-state index in [1.54, 1.807) is 18.2 Å². The molecule has 0 unspecified atom stereocenters. The second-order valence-corrected chi connectivity index (χ2v) is 3.85. The van der Waals surface area contributed by atoms with Crippen LogP contribution in [0.2, 0.25) is 10.0 Å². The Morgan fingerprint density at radius 3 is 2.36 bits per heavy atom. The number of halogens is 2. The minimum absolute atomic E-state index is 0.595. The highest BCUT2D eigenvalue weighted by atomic mass is 35.5. The molecule has 0 heterocycles. The monoisotopic (exact) mass is 233 g/mol. The molecule has 3 nitrogen and oxygen atoms in total. The first-order chi connectivity index (χ1) is 6.61. The van der Waals surface area contributed by atoms with E-state index in [4.69, 9.17) is 28.9 Å². The van der Waals surface area contributed by atoms with E-state index in [-0.39, 0.29) is 0 Å². The zero-order valence-corrected chi connectivity index (χ0v) is 9.44. The van der Waals surface area contributed by atoms with Gasteiger partial charge in [-0.2, -0.15) is 0 Å². The zero-order chi connectivity index (χ0) is 10.6. The quantitative estimate of drug-likeness (QED) is 0.785. The van der Waals surface area contributed by atoms with Crippen LogP contribution in [0.3, 0.4) is 0 Å². The summed E-state index contributed by atoms with van der Waals surface area (Å²) in [7, 11) is 1.90. The number of hydrazine groups is 1. The molecule has 0 aliphatic rings. The van der Waals surface area contributed by atoms with Gasteiger partial charge in [-0.25, -0.2) is 5.01 Å². The topological polar surface area (TPSA) is 41.3 Å². The average molecular weight is 234 g/mol. The average Bonchev–Trinajstić information content (AvgIpc) is 2.01. The van der Waals surface area contributed by atoms with Crippen molar-refractivity contribution in [3.8, 4) is 0 Å². The Balaban J connectivity index is 2.66. The van der Waals surface area contributed by atoms with Gasteiger partial charge < -0.3 is 11.2 Å². The molecule has 0 spiro atoms. The standard InChI is InChI=1S/C9H13Cl2N3/c1-14(3-2-12)13-9-5-7(10)4-8(11)6-9/h4-6,13H,2-3,12H2,1H3. The molecule has 0 aromatic heterocycles. The molecule has 0 aliphatic carbocycles. The Kier molecular flexibility index (Phi) is 4.48. The maximum Gasteiger partial charge on any atom is 0.0519 e. The molecule has 78 valence electrons. The summed E-state index contributed by atoms with van der Waals surface area (Å²) in [6, 6.07) is 5.30. The number of rotatable bonds is 4. The van der Waals surface area contributed by atoms with Crippen molar-refractivity contribution in [3.63, 3.8) is 0 Å². The second-order valence-electron chi connectivity index (χ2n) is 2.98. The van der Waals surface area contributed by atoms with Crippen molar-refractivity contribution < 1.29 is 0 Å². The van der Waals surface area contributed by atoms with Crippen LogP contribution in [0.1, 0.15) is 0 Å². The molecule has 1 aromatic carbocycles. The highest BCUT2D eigenvalue weighted by Crippen LogP contribution is 2.22. The van der Waals surface area contributed by atoms with Gasteiger partial charge in [-0.15, -0.1) is 0 Å².